The first kappa shape index (κ1) is 17.6. The minimum atomic E-state index is -0.909. The number of rotatable bonds is 6. The summed E-state index contributed by atoms with van der Waals surface area (Å²) in [7, 11) is 0. The molecule has 0 bridgehead atoms. The first-order valence-corrected chi connectivity index (χ1v) is 7.19. The summed E-state index contributed by atoms with van der Waals surface area (Å²) in [4.78, 5) is 23.3. The van der Waals surface area contributed by atoms with Crippen molar-refractivity contribution in [3.8, 4) is 0 Å². The molecular weight excluding hydrogens is 322 g/mol. The zero-order valence-corrected chi connectivity index (χ0v) is 13.2. The largest absolute Gasteiger partial charge is 0.456 e. The fraction of sp³-hybridized carbons (Fsp3) is 0.312. The molecule has 0 aliphatic rings. The van der Waals surface area contributed by atoms with Gasteiger partial charge in [0, 0.05) is 12.0 Å². The van der Waals surface area contributed by atoms with Gasteiger partial charge in [-0.2, -0.15) is 0 Å². The Bertz CT molecular complexity index is 719. The Balaban J connectivity index is 1.80. The Morgan fingerprint density at radius 3 is 2.50 bits per heavy atom. The zero-order chi connectivity index (χ0) is 17.7. The third-order valence-corrected chi connectivity index (χ3v) is 3.35. The van der Waals surface area contributed by atoms with E-state index >= 15 is 0 Å². The maximum atomic E-state index is 13.4. The van der Waals surface area contributed by atoms with Crippen LogP contribution < -0.4 is 5.32 Å². The summed E-state index contributed by atoms with van der Waals surface area (Å²) in [6, 6.07) is 3.19. The molecule has 0 saturated heterocycles. The van der Waals surface area contributed by atoms with Crippen LogP contribution in [0.3, 0.4) is 0 Å². The molecule has 1 amide bonds. The first-order chi connectivity index (χ1) is 11.4. The van der Waals surface area contributed by atoms with Crippen LogP contribution in [0.5, 0.6) is 0 Å². The number of aromatic nitrogens is 1. The molecule has 1 heterocycles. The Hall–Kier alpha value is -2.77. The zero-order valence-electron chi connectivity index (χ0n) is 13.2. The molecule has 1 aromatic carbocycles. The van der Waals surface area contributed by atoms with Crippen molar-refractivity contribution in [1.82, 2.24) is 5.16 Å². The highest BCUT2D eigenvalue weighted by atomic mass is 19.1. The predicted octanol–water partition coefficient (Wildman–Crippen LogP) is 2.68. The molecule has 0 fully saturated rings. The maximum absolute atomic E-state index is 13.4. The van der Waals surface area contributed by atoms with Gasteiger partial charge in [0.25, 0.3) is 5.91 Å². The molecule has 6 nitrogen and oxygen atoms in total. The van der Waals surface area contributed by atoms with Crippen molar-refractivity contribution in [2.75, 3.05) is 11.9 Å². The molecule has 0 unspecified atom stereocenters. The van der Waals surface area contributed by atoms with E-state index < -0.39 is 35.8 Å². The average molecular weight is 338 g/mol. The number of para-hydroxylation sites is 1. The van der Waals surface area contributed by atoms with Crippen molar-refractivity contribution in [1.29, 1.82) is 0 Å². The van der Waals surface area contributed by atoms with Gasteiger partial charge in [-0.05, 0) is 32.4 Å². The number of ether oxygens (including phenoxy) is 1. The number of carbonyl (C=O) groups is 2. The van der Waals surface area contributed by atoms with Crippen molar-refractivity contribution in [2.24, 2.45) is 0 Å². The summed E-state index contributed by atoms with van der Waals surface area (Å²) in [5, 5.41) is 5.80. The SMILES string of the molecule is Cc1noc(C)c1CCC(=O)OCC(=O)Nc1c(F)cccc1F. The van der Waals surface area contributed by atoms with Gasteiger partial charge in [-0.1, -0.05) is 11.2 Å². The number of nitrogens with one attached hydrogen (secondary N) is 1. The minimum Gasteiger partial charge on any atom is -0.456 e. The van der Waals surface area contributed by atoms with Crippen molar-refractivity contribution < 1.29 is 27.6 Å². The number of hydrogen-bond acceptors (Lipinski definition) is 5. The van der Waals surface area contributed by atoms with Gasteiger partial charge in [-0.15, -0.1) is 0 Å². The van der Waals surface area contributed by atoms with Gasteiger partial charge < -0.3 is 14.6 Å². The quantitative estimate of drug-likeness (QED) is 0.819. The first-order valence-electron chi connectivity index (χ1n) is 7.19. The summed E-state index contributed by atoms with van der Waals surface area (Å²) in [6.45, 7) is 2.86. The van der Waals surface area contributed by atoms with Crippen molar-refractivity contribution in [2.45, 2.75) is 26.7 Å². The number of halogens is 2. The molecule has 0 atom stereocenters. The van der Waals surface area contributed by atoms with Crippen LogP contribution in [0.1, 0.15) is 23.4 Å². The molecule has 1 N–H and O–H groups in total. The Morgan fingerprint density at radius 1 is 1.25 bits per heavy atom. The number of amides is 1. The lowest BCUT2D eigenvalue weighted by Crippen LogP contribution is -2.22. The second kappa shape index (κ2) is 7.67. The highest BCUT2D eigenvalue weighted by Crippen LogP contribution is 2.18. The van der Waals surface area contributed by atoms with E-state index in [1.807, 2.05) is 5.32 Å². The van der Waals surface area contributed by atoms with Crippen LogP contribution in [-0.2, 0) is 20.7 Å². The molecule has 8 heteroatoms. The van der Waals surface area contributed by atoms with Gasteiger partial charge in [-0.3, -0.25) is 9.59 Å². The van der Waals surface area contributed by atoms with Crippen LogP contribution in [0.2, 0.25) is 0 Å². The van der Waals surface area contributed by atoms with Crippen molar-refractivity contribution in [3.05, 3.63) is 46.9 Å². The molecular formula is C16H16F2N2O4. The summed E-state index contributed by atoms with van der Waals surface area (Å²) in [5.41, 5.74) is 0.923. The lowest BCUT2D eigenvalue weighted by Gasteiger charge is -2.08. The molecule has 0 aliphatic carbocycles. The highest BCUT2D eigenvalue weighted by Gasteiger charge is 2.15. The highest BCUT2D eigenvalue weighted by molar-refractivity contribution is 5.93. The lowest BCUT2D eigenvalue weighted by molar-refractivity contribution is -0.147. The molecule has 0 spiro atoms. The average Bonchev–Trinajstić information content (AvgIpc) is 2.85. The van der Waals surface area contributed by atoms with Crippen LogP contribution in [0.25, 0.3) is 0 Å². The van der Waals surface area contributed by atoms with E-state index in [2.05, 4.69) is 5.16 Å². The third kappa shape index (κ3) is 4.37. The second-order valence-corrected chi connectivity index (χ2v) is 5.11. The maximum Gasteiger partial charge on any atom is 0.306 e. The van der Waals surface area contributed by atoms with E-state index in [1.54, 1.807) is 13.8 Å². The summed E-state index contributed by atoms with van der Waals surface area (Å²) >= 11 is 0. The van der Waals surface area contributed by atoms with E-state index in [1.165, 1.54) is 6.07 Å². The van der Waals surface area contributed by atoms with Gasteiger partial charge in [0.15, 0.2) is 6.61 Å². The van der Waals surface area contributed by atoms with Crippen LogP contribution >= 0.6 is 0 Å². The van der Waals surface area contributed by atoms with Crippen LogP contribution in [-0.4, -0.2) is 23.6 Å². The van der Waals surface area contributed by atoms with E-state index in [0.29, 0.717) is 17.9 Å². The molecule has 0 radical (unpaired) electrons. The van der Waals surface area contributed by atoms with E-state index in [4.69, 9.17) is 9.26 Å². The van der Waals surface area contributed by atoms with Gasteiger partial charge in [0.05, 0.1) is 5.69 Å². The van der Waals surface area contributed by atoms with Crippen LogP contribution in [0.4, 0.5) is 14.5 Å². The smallest absolute Gasteiger partial charge is 0.306 e. The number of aryl methyl sites for hydroxylation is 2. The summed E-state index contributed by atoms with van der Waals surface area (Å²) in [5.74, 6) is -2.64. The fourth-order valence-corrected chi connectivity index (χ4v) is 2.10. The summed E-state index contributed by atoms with van der Waals surface area (Å²) in [6.07, 6.45) is 0.397. The van der Waals surface area contributed by atoms with Gasteiger partial charge in [0.1, 0.15) is 23.1 Å². The van der Waals surface area contributed by atoms with Crippen LogP contribution in [0, 0.1) is 25.5 Å². The van der Waals surface area contributed by atoms with Crippen molar-refractivity contribution >= 4 is 17.6 Å². The molecule has 2 rings (SSSR count). The number of nitrogens with zero attached hydrogens (tertiary/aromatic N) is 1. The topological polar surface area (TPSA) is 81.4 Å². The Kier molecular flexibility index (Phi) is 5.62. The van der Waals surface area contributed by atoms with Crippen LogP contribution in [0.15, 0.2) is 22.7 Å². The van der Waals surface area contributed by atoms with E-state index in [9.17, 15) is 18.4 Å². The lowest BCUT2D eigenvalue weighted by atomic mass is 10.1. The number of anilines is 1. The third-order valence-electron chi connectivity index (χ3n) is 3.35. The molecule has 128 valence electrons. The minimum absolute atomic E-state index is 0.0320. The molecule has 1 aromatic heterocycles. The number of esters is 1. The van der Waals surface area contributed by atoms with Crippen molar-refractivity contribution in [3.63, 3.8) is 0 Å². The monoisotopic (exact) mass is 338 g/mol. The number of benzene rings is 1. The van der Waals surface area contributed by atoms with E-state index in [0.717, 1.165) is 17.7 Å². The molecule has 0 saturated carbocycles. The van der Waals surface area contributed by atoms with Gasteiger partial charge in [0.2, 0.25) is 0 Å². The number of carbonyl (C=O) groups excluding carboxylic acids is 2. The van der Waals surface area contributed by atoms with E-state index in [-0.39, 0.29) is 6.42 Å². The standard InChI is InChI=1S/C16H16F2N2O4/c1-9-11(10(2)24-20-9)6-7-15(22)23-8-14(21)19-16-12(17)4-3-5-13(16)18/h3-5H,6-8H2,1-2H3,(H,19,21). The normalized spacial score (nSPS) is 10.5. The Labute approximate surface area is 136 Å². The van der Waals surface area contributed by atoms with Gasteiger partial charge in [-0.25, -0.2) is 8.78 Å². The molecule has 2 aromatic rings. The summed E-state index contributed by atoms with van der Waals surface area (Å²) < 4.78 is 36.5. The second-order valence-electron chi connectivity index (χ2n) is 5.11. The molecule has 24 heavy (non-hydrogen) atoms. The Morgan fingerprint density at radius 2 is 1.92 bits per heavy atom. The predicted molar refractivity (Wildman–Crippen MR) is 80.2 cm³/mol. The van der Waals surface area contributed by atoms with Gasteiger partial charge >= 0.3 is 5.97 Å². The molecule has 0 aliphatic heterocycles. The fourth-order valence-electron chi connectivity index (χ4n) is 2.10. The number of hydrogen-bond donors (Lipinski definition) is 1.